The van der Waals surface area contributed by atoms with Crippen LogP contribution in [0.5, 0.6) is 0 Å². The second-order valence-electron chi connectivity index (χ2n) is 4.32. The van der Waals surface area contributed by atoms with Crippen molar-refractivity contribution in [3.05, 3.63) is 0 Å². The van der Waals surface area contributed by atoms with E-state index in [2.05, 4.69) is 37.9 Å². The minimum absolute atomic E-state index is 0.631. The molecule has 0 spiro atoms. The fourth-order valence-corrected chi connectivity index (χ4v) is 1.67. The predicted molar refractivity (Wildman–Crippen MR) is 63.5 cm³/mol. The van der Waals surface area contributed by atoms with Crippen LogP contribution in [-0.2, 0) is 0 Å². The van der Waals surface area contributed by atoms with E-state index in [1.54, 1.807) is 0 Å². The summed E-state index contributed by atoms with van der Waals surface area (Å²) >= 11 is 0. The van der Waals surface area contributed by atoms with Crippen LogP contribution in [0.3, 0.4) is 0 Å². The van der Waals surface area contributed by atoms with E-state index in [1.807, 2.05) is 0 Å². The molecule has 86 valence electrons. The molecule has 0 radical (unpaired) electrons. The summed E-state index contributed by atoms with van der Waals surface area (Å²) in [5.74, 6) is 0. The van der Waals surface area contributed by atoms with Gasteiger partial charge >= 0.3 is 0 Å². The summed E-state index contributed by atoms with van der Waals surface area (Å²) in [4.78, 5) is 2.50. The number of hydrogen-bond donors (Lipinski definition) is 2. The zero-order valence-electron chi connectivity index (χ0n) is 10.2. The van der Waals surface area contributed by atoms with Gasteiger partial charge in [0, 0.05) is 25.2 Å². The monoisotopic (exact) mass is 201 g/mol. The third-order valence-corrected chi connectivity index (χ3v) is 2.43. The van der Waals surface area contributed by atoms with E-state index in [4.69, 9.17) is 5.73 Å². The quantitative estimate of drug-likeness (QED) is 0.577. The van der Waals surface area contributed by atoms with Crippen molar-refractivity contribution in [3.8, 4) is 0 Å². The molecule has 0 heterocycles. The summed E-state index contributed by atoms with van der Waals surface area (Å²) < 4.78 is 0. The van der Waals surface area contributed by atoms with Crippen LogP contribution in [0.2, 0.25) is 0 Å². The maximum atomic E-state index is 5.42. The summed E-state index contributed by atoms with van der Waals surface area (Å²) in [5, 5.41) is 3.40. The van der Waals surface area contributed by atoms with Crippen LogP contribution in [0.4, 0.5) is 0 Å². The van der Waals surface area contributed by atoms with Gasteiger partial charge in [0.15, 0.2) is 0 Å². The average molecular weight is 201 g/mol. The lowest BCUT2D eigenvalue weighted by atomic mass is 10.2. The van der Waals surface area contributed by atoms with Gasteiger partial charge in [-0.2, -0.15) is 0 Å². The van der Waals surface area contributed by atoms with Gasteiger partial charge in [-0.15, -0.1) is 0 Å². The third kappa shape index (κ3) is 6.35. The van der Waals surface area contributed by atoms with E-state index in [0.717, 1.165) is 32.6 Å². The van der Waals surface area contributed by atoms with Crippen molar-refractivity contribution in [2.24, 2.45) is 5.73 Å². The molecule has 0 aromatic carbocycles. The van der Waals surface area contributed by atoms with Crippen LogP contribution in [0, 0.1) is 0 Å². The molecule has 0 aromatic rings. The van der Waals surface area contributed by atoms with Gasteiger partial charge in [-0.05, 0) is 47.2 Å². The molecule has 0 aromatic heterocycles. The van der Waals surface area contributed by atoms with Crippen LogP contribution in [0.25, 0.3) is 0 Å². The molecule has 0 rings (SSSR count). The standard InChI is InChI=1S/C11H27N3/c1-10(2)14(11(3)4)9-8-13-7-5-6-12/h10-11,13H,5-9,12H2,1-4H3. The summed E-state index contributed by atoms with van der Waals surface area (Å²) in [6.07, 6.45) is 1.07. The Morgan fingerprint density at radius 1 is 1.07 bits per heavy atom. The molecule has 0 saturated heterocycles. The van der Waals surface area contributed by atoms with Gasteiger partial charge in [-0.1, -0.05) is 0 Å². The molecule has 3 nitrogen and oxygen atoms in total. The summed E-state index contributed by atoms with van der Waals surface area (Å²) in [6.45, 7) is 13.0. The molecule has 0 atom stereocenters. The Morgan fingerprint density at radius 3 is 2.07 bits per heavy atom. The first-order valence-corrected chi connectivity index (χ1v) is 5.76. The van der Waals surface area contributed by atoms with Gasteiger partial charge in [0.05, 0.1) is 0 Å². The van der Waals surface area contributed by atoms with E-state index in [9.17, 15) is 0 Å². The van der Waals surface area contributed by atoms with Gasteiger partial charge < -0.3 is 11.1 Å². The summed E-state index contributed by atoms with van der Waals surface area (Å²) in [7, 11) is 0. The maximum Gasteiger partial charge on any atom is 0.0112 e. The topological polar surface area (TPSA) is 41.3 Å². The number of rotatable bonds is 8. The molecule has 0 unspecified atom stereocenters. The lowest BCUT2D eigenvalue weighted by Crippen LogP contribution is -2.41. The Hall–Kier alpha value is -0.120. The fraction of sp³-hybridized carbons (Fsp3) is 1.00. The molecule has 0 aliphatic heterocycles. The molecule has 0 amide bonds. The van der Waals surface area contributed by atoms with Crippen LogP contribution < -0.4 is 11.1 Å². The largest absolute Gasteiger partial charge is 0.330 e. The molecular weight excluding hydrogens is 174 g/mol. The van der Waals surface area contributed by atoms with E-state index < -0.39 is 0 Å². The van der Waals surface area contributed by atoms with E-state index in [0.29, 0.717) is 12.1 Å². The summed E-state index contributed by atoms with van der Waals surface area (Å²) in [5.41, 5.74) is 5.42. The van der Waals surface area contributed by atoms with Gasteiger partial charge in [0.25, 0.3) is 0 Å². The van der Waals surface area contributed by atoms with E-state index in [1.165, 1.54) is 0 Å². The van der Waals surface area contributed by atoms with Crippen molar-refractivity contribution < 1.29 is 0 Å². The molecule has 0 saturated carbocycles. The summed E-state index contributed by atoms with van der Waals surface area (Å²) in [6, 6.07) is 1.26. The Balaban J connectivity index is 3.52. The van der Waals surface area contributed by atoms with Crippen molar-refractivity contribution in [2.45, 2.75) is 46.2 Å². The average Bonchev–Trinajstić information content (AvgIpc) is 2.09. The zero-order valence-corrected chi connectivity index (χ0v) is 10.2. The van der Waals surface area contributed by atoms with Crippen molar-refractivity contribution in [1.82, 2.24) is 10.2 Å². The molecule has 0 bridgehead atoms. The Bertz CT molecular complexity index is 116. The lowest BCUT2D eigenvalue weighted by molar-refractivity contribution is 0.176. The van der Waals surface area contributed by atoms with E-state index in [-0.39, 0.29) is 0 Å². The molecular formula is C11H27N3. The molecule has 0 fully saturated rings. The number of nitrogens with zero attached hydrogens (tertiary/aromatic N) is 1. The second kappa shape index (κ2) is 8.21. The van der Waals surface area contributed by atoms with Crippen LogP contribution in [0.15, 0.2) is 0 Å². The first-order chi connectivity index (χ1) is 6.59. The highest BCUT2D eigenvalue weighted by molar-refractivity contribution is 4.68. The van der Waals surface area contributed by atoms with Crippen molar-refractivity contribution in [1.29, 1.82) is 0 Å². The van der Waals surface area contributed by atoms with Gasteiger partial charge in [-0.25, -0.2) is 0 Å². The van der Waals surface area contributed by atoms with Gasteiger partial charge in [0.2, 0.25) is 0 Å². The normalized spacial score (nSPS) is 12.0. The number of nitrogens with one attached hydrogen (secondary N) is 1. The minimum Gasteiger partial charge on any atom is -0.330 e. The predicted octanol–water partition coefficient (Wildman–Crippen LogP) is 1.04. The zero-order chi connectivity index (χ0) is 11.0. The molecule has 3 N–H and O–H groups in total. The Labute approximate surface area is 89.0 Å². The maximum absolute atomic E-state index is 5.42. The van der Waals surface area contributed by atoms with Crippen molar-refractivity contribution >= 4 is 0 Å². The van der Waals surface area contributed by atoms with E-state index >= 15 is 0 Å². The number of hydrogen-bond acceptors (Lipinski definition) is 3. The first-order valence-electron chi connectivity index (χ1n) is 5.76. The first kappa shape index (κ1) is 13.9. The Morgan fingerprint density at radius 2 is 1.64 bits per heavy atom. The highest BCUT2D eigenvalue weighted by atomic mass is 15.2. The smallest absolute Gasteiger partial charge is 0.0112 e. The second-order valence-corrected chi connectivity index (χ2v) is 4.32. The highest BCUT2D eigenvalue weighted by Crippen LogP contribution is 2.02. The van der Waals surface area contributed by atoms with Gasteiger partial charge in [0.1, 0.15) is 0 Å². The van der Waals surface area contributed by atoms with Gasteiger partial charge in [-0.3, -0.25) is 4.90 Å². The lowest BCUT2D eigenvalue weighted by Gasteiger charge is -2.30. The van der Waals surface area contributed by atoms with Crippen molar-refractivity contribution in [2.75, 3.05) is 26.2 Å². The molecule has 3 heteroatoms. The third-order valence-electron chi connectivity index (χ3n) is 2.43. The van der Waals surface area contributed by atoms with Crippen LogP contribution in [0.1, 0.15) is 34.1 Å². The minimum atomic E-state index is 0.631. The number of nitrogens with two attached hydrogens (primary N) is 1. The fourth-order valence-electron chi connectivity index (χ4n) is 1.67. The van der Waals surface area contributed by atoms with Crippen LogP contribution in [-0.4, -0.2) is 43.2 Å². The Kier molecular flexibility index (Phi) is 8.14. The highest BCUT2D eigenvalue weighted by Gasteiger charge is 2.11. The van der Waals surface area contributed by atoms with Crippen molar-refractivity contribution in [3.63, 3.8) is 0 Å². The molecule has 0 aliphatic carbocycles. The molecule has 14 heavy (non-hydrogen) atoms. The molecule has 0 aliphatic rings. The SMILES string of the molecule is CC(C)N(CCNCCCN)C(C)C. The van der Waals surface area contributed by atoms with Crippen LogP contribution >= 0.6 is 0 Å².